The van der Waals surface area contributed by atoms with Crippen molar-refractivity contribution in [2.24, 2.45) is 5.92 Å². The van der Waals surface area contributed by atoms with Gasteiger partial charge >= 0.3 is 5.97 Å². The van der Waals surface area contributed by atoms with Crippen molar-refractivity contribution in [2.45, 2.75) is 38.5 Å². The maximum absolute atomic E-state index is 11.7. The number of hydrogen-bond donors (Lipinski definition) is 1. The quantitative estimate of drug-likeness (QED) is 0.623. The van der Waals surface area contributed by atoms with Gasteiger partial charge in [-0.05, 0) is 12.3 Å². The maximum atomic E-state index is 11.7. The van der Waals surface area contributed by atoms with E-state index in [0.29, 0.717) is 24.0 Å². The Kier molecular flexibility index (Phi) is 4.70. The fraction of sp³-hybridized carbons (Fsp3) is 0.529. The Labute approximate surface area is 150 Å². The van der Waals surface area contributed by atoms with E-state index in [1.54, 1.807) is 18.4 Å². The number of rotatable bonds is 5. The number of aromatic nitrogens is 4. The van der Waals surface area contributed by atoms with Gasteiger partial charge in [0.15, 0.2) is 11.2 Å². The third-order valence-electron chi connectivity index (χ3n) is 4.24. The summed E-state index contributed by atoms with van der Waals surface area (Å²) >= 11 is 0. The molecule has 26 heavy (non-hydrogen) atoms. The minimum absolute atomic E-state index is 0.0451. The van der Waals surface area contributed by atoms with Crippen molar-refractivity contribution < 1.29 is 19.0 Å². The average Bonchev–Trinajstić information content (AvgIpc) is 3.23. The molecule has 1 saturated heterocycles. The summed E-state index contributed by atoms with van der Waals surface area (Å²) in [6.07, 6.45) is 8.16. The number of fused-ring (bicyclic) bond motifs is 1. The molecule has 0 saturated carbocycles. The van der Waals surface area contributed by atoms with Gasteiger partial charge in [0, 0.05) is 6.42 Å². The molecule has 2 aromatic heterocycles. The fourth-order valence-corrected chi connectivity index (χ4v) is 2.86. The number of anilines is 1. The lowest BCUT2D eigenvalue weighted by Gasteiger charge is -2.25. The topological polar surface area (TPSA) is 114 Å². The van der Waals surface area contributed by atoms with Crippen LogP contribution in [0.1, 0.15) is 26.7 Å². The van der Waals surface area contributed by atoms with E-state index in [1.165, 1.54) is 13.4 Å². The number of nitrogen functional groups attached to an aromatic ring is 1. The van der Waals surface area contributed by atoms with Crippen LogP contribution in [-0.4, -0.2) is 45.3 Å². The monoisotopic (exact) mass is 359 g/mol. The second kappa shape index (κ2) is 6.80. The molecule has 1 fully saturated rings. The van der Waals surface area contributed by atoms with E-state index in [4.69, 9.17) is 26.4 Å². The molecule has 2 aromatic rings. The van der Waals surface area contributed by atoms with Crippen molar-refractivity contribution >= 4 is 23.1 Å². The van der Waals surface area contributed by atoms with Crippen molar-refractivity contribution in [3.8, 4) is 18.2 Å². The number of nitrogens with two attached hydrogens (primary N) is 1. The van der Waals surface area contributed by atoms with Gasteiger partial charge in [0.25, 0.3) is 0 Å². The number of carbonyl (C=O) groups is 1. The van der Waals surface area contributed by atoms with Crippen LogP contribution in [0.2, 0.25) is 0 Å². The summed E-state index contributed by atoms with van der Waals surface area (Å²) in [6.45, 7) is 3.70. The number of imidazole rings is 1. The highest BCUT2D eigenvalue weighted by Gasteiger charge is 2.42. The standard InChI is InChI=1S/C17H21N5O4/c1-5-17(7-6-11(26-17)8-25-15(23)10(2)3)22-9-19-12-13(22)20-16(18)21-14(12)24-4/h1,9-11H,6-8H2,2-4H3,(H2,18,20,21). The van der Waals surface area contributed by atoms with E-state index in [9.17, 15) is 4.79 Å². The molecule has 2 N–H and O–H groups in total. The van der Waals surface area contributed by atoms with Crippen molar-refractivity contribution in [1.29, 1.82) is 0 Å². The van der Waals surface area contributed by atoms with E-state index in [1.807, 2.05) is 0 Å². The molecule has 0 aliphatic carbocycles. The molecule has 3 rings (SSSR count). The van der Waals surface area contributed by atoms with E-state index < -0.39 is 5.72 Å². The largest absolute Gasteiger partial charge is 0.479 e. The summed E-state index contributed by atoms with van der Waals surface area (Å²) < 4.78 is 18.2. The number of nitrogens with zero attached hydrogens (tertiary/aromatic N) is 4. The maximum Gasteiger partial charge on any atom is 0.308 e. The van der Waals surface area contributed by atoms with Gasteiger partial charge in [0.05, 0.1) is 19.1 Å². The summed E-state index contributed by atoms with van der Waals surface area (Å²) in [7, 11) is 1.47. The molecular weight excluding hydrogens is 338 g/mol. The zero-order valence-corrected chi connectivity index (χ0v) is 14.9. The SMILES string of the molecule is C#CC1(n2cnc3c(OC)nc(N)nc32)CCC(COC(=O)C(C)C)O1. The summed E-state index contributed by atoms with van der Waals surface area (Å²) in [5.41, 5.74) is 5.53. The van der Waals surface area contributed by atoms with Crippen molar-refractivity contribution in [3.63, 3.8) is 0 Å². The lowest BCUT2D eigenvalue weighted by Crippen LogP contribution is -2.33. The average molecular weight is 359 g/mol. The Morgan fingerprint density at radius 1 is 1.58 bits per heavy atom. The normalized spacial score (nSPS) is 22.5. The molecule has 0 spiro atoms. The number of hydrogen-bond acceptors (Lipinski definition) is 8. The van der Waals surface area contributed by atoms with Crippen LogP contribution in [0.5, 0.6) is 5.88 Å². The third kappa shape index (κ3) is 3.04. The number of esters is 1. The molecule has 3 heterocycles. The predicted octanol–water partition coefficient (Wildman–Crippen LogP) is 1.08. The van der Waals surface area contributed by atoms with Crippen LogP contribution in [0.15, 0.2) is 6.33 Å². The first kappa shape index (κ1) is 17.9. The van der Waals surface area contributed by atoms with Crippen LogP contribution < -0.4 is 10.5 Å². The molecular formula is C17H21N5O4. The first-order valence-electron chi connectivity index (χ1n) is 8.27. The third-order valence-corrected chi connectivity index (χ3v) is 4.24. The van der Waals surface area contributed by atoms with Gasteiger partial charge in [-0.1, -0.05) is 13.8 Å². The van der Waals surface area contributed by atoms with E-state index in [2.05, 4.69) is 20.9 Å². The number of terminal acetylenes is 1. The van der Waals surface area contributed by atoms with Gasteiger partial charge < -0.3 is 19.9 Å². The van der Waals surface area contributed by atoms with Crippen LogP contribution in [0, 0.1) is 18.3 Å². The van der Waals surface area contributed by atoms with E-state index in [-0.39, 0.29) is 36.4 Å². The number of carbonyl (C=O) groups excluding carboxylic acids is 1. The molecule has 138 valence electrons. The molecule has 2 atom stereocenters. The second-order valence-corrected chi connectivity index (χ2v) is 6.37. The van der Waals surface area contributed by atoms with Crippen LogP contribution in [0.3, 0.4) is 0 Å². The van der Waals surface area contributed by atoms with Crippen LogP contribution in [0.25, 0.3) is 11.2 Å². The smallest absolute Gasteiger partial charge is 0.308 e. The predicted molar refractivity (Wildman–Crippen MR) is 93.0 cm³/mol. The highest BCUT2D eigenvalue weighted by molar-refractivity contribution is 5.78. The Bertz CT molecular complexity index is 872. The molecule has 0 radical (unpaired) electrons. The van der Waals surface area contributed by atoms with E-state index in [0.717, 1.165) is 0 Å². The zero-order valence-electron chi connectivity index (χ0n) is 14.9. The molecule has 0 aromatic carbocycles. The minimum Gasteiger partial charge on any atom is -0.479 e. The Balaban J connectivity index is 1.88. The summed E-state index contributed by atoms with van der Waals surface area (Å²) in [6, 6.07) is 0. The lowest BCUT2D eigenvalue weighted by atomic mass is 10.1. The van der Waals surface area contributed by atoms with Crippen LogP contribution >= 0.6 is 0 Å². The number of methoxy groups -OCH3 is 1. The van der Waals surface area contributed by atoms with Gasteiger partial charge in [-0.2, -0.15) is 9.97 Å². The first-order valence-corrected chi connectivity index (χ1v) is 8.27. The second-order valence-electron chi connectivity index (χ2n) is 6.37. The highest BCUT2D eigenvalue weighted by Crippen LogP contribution is 2.37. The Morgan fingerprint density at radius 3 is 3.00 bits per heavy atom. The highest BCUT2D eigenvalue weighted by atomic mass is 16.6. The summed E-state index contributed by atoms with van der Waals surface area (Å²) in [5, 5.41) is 0. The molecule has 1 aliphatic heterocycles. The lowest BCUT2D eigenvalue weighted by molar-refractivity contribution is -0.154. The van der Waals surface area contributed by atoms with Crippen LogP contribution in [-0.2, 0) is 20.0 Å². The summed E-state index contributed by atoms with van der Waals surface area (Å²) in [5.74, 6) is 2.53. The van der Waals surface area contributed by atoms with Gasteiger partial charge in [-0.3, -0.25) is 9.36 Å². The van der Waals surface area contributed by atoms with E-state index >= 15 is 0 Å². The zero-order chi connectivity index (χ0) is 18.9. The molecule has 0 amide bonds. The minimum atomic E-state index is -1.09. The number of ether oxygens (including phenoxy) is 3. The summed E-state index contributed by atoms with van der Waals surface area (Å²) in [4.78, 5) is 24.2. The van der Waals surface area contributed by atoms with Gasteiger partial charge in [0.1, 0.15) is 12.9 Å². The van der Waals surface area contributed by atoms with Crippen molar-refractivity contribution in [1.82, 2.24) is 19.5 Å². The molecule has 2 unspecified atom stereocenters. The van der Waals surface area contributed by atoms with Gasteiger partial charge in [0.2, 0.25) is 17.6 Å². The van der Waals surface area contributed by atoms with Crippen molar-refractivity contribution in [3.05, 3.63) is 6.33 Å². The van der Waals surface area contributed by atoms with Gasteiger partial charge in [-0.25, -0.2) is 4.98 Å². The Hall–Kier alpha value is -2.86. The molecule has 9 nitrogen and oxygen atoms in total. The molecule has 1 aliphatic rings. The van der Waals surface area contributed by atoms with Crippen LogP contribution in [0.4, 0.5) is 5.95 Å². The van der Waals surface area contributed by atoms with Crippen molar-refractivity contribution in [2.75, 3.05) is 19.5 Å². The molecule has 9 heteroatoms. The molecule has 0 bridgehead atoms. The van der Waals surface area contributed by atoms with Gasteiger partial charge in [-0.15, -0.1) is 6.42 Å². The first-order chi connectivity index (χ1) is 12.4. The Morgan fingerprint density at radius 2 is 2.35 bits per heavy atom. The fourth-order valence-electron chi connectivity index (χ4n) is 2.86.